The highest BCUT2D eigenvalue weighted by Gasteiger charge is 2.16. The molecular weight excluding hydrogens is 320 g/mol. The Hall–Kier alpha value is -0.680. The summed E-state index contributed by atoms with van der Waals surface area (Å²) in [5.74, 6) is 0.168. The predicted octanol–water partition coefficient (Wildman–Crippen LogP) is 4.23. The molecule has 5 heteroatoms. The first-order valence-corrected chi connectivity index (χ1v) is 8.23. The minimum absolute atomic E-state index is 0.168. The van der Waals surface area contributed by atoms with Crippen molar-refractivity contribution in [1.82, 2.24) is 9.78 Å². The molecular formula is C15H25BrN2O2. The lowest BCUT2D eigenvalue weighted by Crippen LogP contribution is -2.14. The molecule has 0 aliphatic carbocycles. The van der Waals surface area contributed by atoms with Gasteiger partial charge in [-0.15, -0.1) is 0 Å². The molecule has 0 unspecified atom stereocenters. The Morgan fingerprint density at radius 1 is 1.30 bits per heavy atom. The van der Waals surface area contributed by atoms with Crippen molar-refractivity contribution in [1.29, 1.82) is 0 Å². The summed E-state index contributed by atoms with van der Waals surface area (Å²) in [6, 6.07) is 0. The number of carbonyl (C=O) groups excluding carboxylic acids is 1. The van der Waals surface area contributed by atoms with Crippen LogP contribution >= 0.6 is 15.9 Å². The van der Waals surface area contributed by atoms with Gasteiger partial charge in [-0.25, -0.2) is 0 Å². The highest BCUT2D eigenvalue weighted by atomic mass is 79.9. The van der Waals surface area contributed by atoms with E-state index in [1.54, 1.807) is 18.0 Å². The lowest BCUT2D eigenvalue weighted by atomic mass is 10.1. The number of ether oxygens (including phenoxy) is 1. The third-order valence-electron chi connectivity index (χ3n) is 3.32. The Balaban J connectivity index is 2.40. The van der Waals surface area contributed by atoms with Gasteiger partial charge < -0.3 is 4.74 Å². The summed E-state index contributed by atoms with van der Waals surface area (Å²) in [7, 11) is 1.65. The standard InChI is InChI=1S/C15H25BrN2O2/c1-3-4-5-6-7-8-9-14(19)15-13(16)12-17-18(15)10-11-20-2/h12H,3-11H2,1-2H3. The Labute approximate surface area is 130 Å². The number of nitrogens with zero attached hydrogens (tertiary/aromatic N) is 2. The maximum absolute atomic E-state index is 12.3. The average Bonchev–Trinajstić information content (AvgIpc) is 2.81. The molecule has 0 spiro atoms. The van der Waals surface area contributed by atoms with Crippen LogP contribution in [0.15, 0.2) is 10.7 Å². The molecule has 0 radical (unpaired) electrons. The minimum Gasteiger partial charge on any atom is -0.383 e. The average molecular weight is 345 g/mol. The van der Waals surface area contributed by atoms with E-state index in [9.17, 15) is 4.79 Å². The first-order chi connectivity index (χ1) is 9.70. The van der Waals surface area contributed by atoms with Gasteiger partial charge >= 0.3 is 0 Å². The number of hydrogen-bond acceptors (Lipinski definition) is 3. The van der Waals surface area contributed by atoms with Crippen molar-refractivity contribution >= 4 is 21.7 Å². The SMILES string of the molecule is CCCCCCCCC(=O)c1c(Br)cnn1CCOC. The number of unbranched alkanes of at least 4 members (excludes halogenated alkanes) is 5. The van der Waals surface area contributed by atoms with Crippen molar-refractivity contribution in [2.24, 2.45) is 0 Å². The zero-order valence-electron chi connectivity index (χ0n) is 12.5. The van der Waals surface area contributed by atoms with Crippen LogP contribution in [0.1, 0.15) is 62.4 Å². The van der Waals surface area contributed by atoms with Crippen molar-refractivity contribution in [2.75, 3.05) is 13.7 Å². The summed E-state index contributed by atoms with van der Waals surface area (Å²) in [6.07, 6.45) is 9.44. The number of carbonyl (C=O) groups is 1. The van der Waals surface area contributed by atoms with Crippen LogP contribution < -0.4 is 0 Å². The normalized spacial score (nSPS) is 10.9. The largest absolute Gasteiger partial charge is 0.383 e. The second kappa shape index (κ2) is 10.1. The smallest absolute Gasteiger partial charge is 0.182 e. The van der Waals surface area contributed by atoms with Crippen LogP contribution in [0.25, 0.3) is 0 Å². The number of Topliss-reactive ketones (excluding diaryl/α,β-unsaturated/α-hetero) is 1. The minimum atomic E-state index is 0.168. The topological polar surface area (TPSA) is 44.1 Å². The van der Waals surface area contributed by atoms with Gasteiger partial charge in [-0.3, -0.25) is 9.48 Å². The van der Waals surface area contributed by atoms with E-state index < -0.39 is 0 Å². The van der Waals surface area contributed by atoms with Crippen molar-refractivity contribution in [3.8, 4) is 0 Å². The lowest BCUT2D eigenvalue weighted by molar-refractivity contribution is 0.0964. The predicted molar refractivity (Wildman–Crippen MR) is 84.1 cm³/mol. The number of aromatic nitrogens is 2. The van der Waals surface area contributed by atoms with Crippen LogP contribution in [-0.4, -0.2) is 29.3 Å². The number of hydrogen-bond donors (Lipinski definition) is 0. The van der Waals surface area contributed by atoms with Gasteiger partial charge in [-0.1, -0.05) is 39.0 Å². The first-order valence-electron chi connectivity index (χ1n) is 7.44. The molecule has 114 valence electrons. The van der Waals surface area contributed by atoms with E-state index in [1.807, 2.05) is 0 Å². The quantitative estimate of drug-likeness (QED) is 0.445. The fourth-order valence-electron chi connectivity index (χ4n) is 2.17. The van der Waals surface area contributed by atoms with Crippen molar-refractivity contribution in [3.63, 3.8) is 0 Å². The highest BCUT2D eigenvalue weighted by molar-refractivity contribution is 9.10. The van der Waals surface area contributed by atoms with Crippen LogP contribution in [0.4, 0.5) is 0 Å². The van der Waals surface area contributed by atoms with E-state index in [-0.39, 0.29) is 5.78 Å². The van der Waals surface area contributed by atoms with Crippen LogP contribution in [-0.2, 0) is 11.3 Å². The molecule has 0 aliphatic rings. The van der Waals surface area contributed by atoms with Gasteiger partial charge in [0.1, 0.15) is 5.69 Å². The molecule has 0 bridgehead atoms. The summed E-state index contributed by atoms with van der Waals surface area (Å²) >= 11 is 3.41. The maximum Gasteiger partial charge on any atom is 0.182 e. The lowest BCUT2D eigenvalue weighted by Gasteiger charge is -2.07. The molecule has 0 saturated heterocycles. The van der Waals surface area contributed by atoms with E-state index in [1.165, 1.54) is 25.7 Å². The fraction of sp³-hybridized carbons (Fsp3) is 0.733. The van der Waals surface area contributed by atoms with Crippen molar-refractivity contribution in [3.05, 3.63) is 16.4 Å². The van der Waals surface area contributed by atoms with Crippen molar-refractivity contribution in [2.45, 2.75) is 58.4 Å². The number of ketones is 1. The molecule has 0 fully saturated rings. The molecule has 0 aromatic carbocycles. The number of halogens is 1. The third-order valence-corrected chi connectivity index (χ3v) is 3.90. The molecule has 0 aliphatic heterocycles. The molecule has 1 rings (SSSR count). The van der Waals surface area contributed by atoms with Gasteiger partial charge in [0, 0.05) is 13.5 Å². The highest BCUT2D eigenvalue weighted by Crippen LogP contribution is 2.19. The fourth-order valence-corrected chi connectivity index (χ4v) is 2.69. The van der Waals surface area contributed by atoms with Gasteiger partial charge in [-0.2, -0.15) is 5.10 Å². The second-order valence-electron chi connectivity index (χ2n) is 5.00. The molecule has 0 amide bonds. The first kappa shape index (κ1) is 17.4. The van der Waals surface area contributed by atoms with E-state index in [4.69, 9.17) is 4.74 Å². The molecule has 4 nitrogen and oxygen atoms in total. The summed E-state index contributed by atoms with van der Waals surface area (Å²) < 4.78 is 7.55. The second-order valence-corrected chi connectivity index (χ2v) is 5.85. The summed E-state index contributed by atoms with van der Waals surface area (Å²) in [5.41, 5.74) is 0.676. The Bertz CT molecular complexity index is 405. The molecule has 1 aromatic heterocycles. The number of rotatable bonds is 11. The van der Waals surface area contributed by atoms with Gasteiger partial charge in [0.05, 0.1) is 23.8 Å². The molecule has 0 saturated carbocycles. The van der Waals surface area contributed by atoms with Gasteiger partial charge in [0.2, 0.25) is 0 Å². The summed E-state index contributed by atoms with van der Waals surface area (Å²) in [5, 5.41) is 4.21. The van der Waals surface area contributed by atoms with Gasteiger partial charge in [0.15, 0.2) is 5.78 Å². The molecule has 0 N–H and O–H groups in total. The van der Waals surface area contributed by atoms with E-state index in [0.29, 0.717) is 25.3 Å². The van der Waals surface area contributed by atoms with Crippen LogP contribution in [0.2, 0.25) is 0 Å². The molecule has 1 heterocycles. The molecule has 20 heavy (non-hydrogen) atoms. The number of methoxy groups -OCH3 is 1. The van der Waals surface area contributed by atoms with Crippen LogP contribution in [0, 0.1) is 0 Å². The Morgan fingerprint density at radius 3 is 2.70 bits per heavy atom. The van der Waals surface area contributed by atoms with Crippen molar-refractivity contribution < 1.29 is 9.53 Å². The molecule has 0 atom stereocenters. The zero-order valence-corrected chi connectivity index (χ0v) is 14.1. The monoisotopic (exact) mass is 344 g/mol. The van der Waals surface area contributed by atoms with Gasteiger partial charge in [-0.05, 0) is 22.4 Å². The van der Waals surface area contributed by atoms with E-state index in [0.717, 1.165) is 17.3 Å². The Kier molecular flexibility index (Phi) is 8.78. The van der Waals surface area contributed by atoms with Crippen LogP contribution in [0.3, 0.4) is 0 Å². The van der Waals surface area contributed by atoms with Crippen LogP contribution in [0.5, 0.6) is 0 Å². The van der Waals surface area contributed by atoms with Gasteiger partial charge in [0.25, 0.3) is 0 Å². The summed E-state index contributed by atoms with van der Waals surface area (Å²) in [4.78, 5) is 12.3. The maximum atomic E-state index is 12.3. The Morgan fingerprint density at radius 2 is 2.00 bits per heavy atom. The molecule has 1 aromatic rings. The zero-order chi connectivity index (χ0) is 14.8. The van der Waals surface area contributed by atoms with E-state index >= 15 is 0 Å². The van der Waals surface area contributed by atoms with E-state index in [2.05, 4.69) is 28.0 Å². The third kappa shape index (κ3) is 5.75. The summed E-state index contributed by atoms with van der Waals surface area (Å²) in [6.45, 7) is 3.38.